The van der Waals surface area contributed by atoms with E-state index in [1.54, 1.807) is 25.3 Å². The highest BCUT2D eigenvalue weighted by Gasteiger charge is 2.36. The van der Waals surface area contributed by atoms with E-state index in [0.717, 1.165) is 19.3 Å². The number of carbonyl (C=O) groups excluding carboxylic acids is 1. The predicted molar refractivity (Wildman–Crippen MR) is 98.7 cm³/mol. The van der Waals surface area contributed by atoms with E-state index in [2.05, 4.69) is 16.9 Å². The van der Waals surface area contributed by atoms with Crippen LogP contribution in [-0.2, 0) is 9.53 Å². The first kappa shape index (κ1) is 18.7. The van der Waals surface area contributed by atoms with Gasteiger partial charge in [0.2, 0.25) is 0 Å². The number of methoxy groups -OCH3 is 2. The Bertz CT molecular complexity index is 798. The number of halogens is 1. The van der Waals surface area contributed by atoms with Crippen molar-refractivity contribution in [3.8, 4) is 11.6 Å². The summed E-state index contributed by atoms with van der Waals surface area (Å²) in [6.07, 6.45) is 3.16. The molecule has 140 valence electrons. The van der Waals surface area contributed by atoms with Crippen LogP contribution in [0.4, 0.5) is 0 Å². The fourth-order valence-corrected chi connectivity index (χ4v) is 3.76. The third kappa shape index (κ3) is 3.85. The average Bonchev–Trinajstić information content (AvgIpc) is 2.67. The Morgan fingerprint density at radius 2 is 2.04 bits per heavy atom. The molecule has 6 nitrogen and oxygen atoms in total. The van der Waals surface area contributed by atoms with Gasteiger partial charge < -0.3 is 14.2 Å². The molecular formula is C19H23ClN2O4. The number of hydrogen-bond acceptors (Lipinski definition) is 6. The van der Waals surface area contributed by atoms with Gasteiger partial charge in [-0.3, -0.25) is 4.79 Å². The molecule has 1 heterocycles. The first-order chi connectivity index (χ1) is 12.5. The lowest BCUT2D eigenvalue weighted by Crippen LogP contribution is -2.36. The molecule has 1 aromatic heterocycles. The van der Waals surface area contributed by atoms with E-state index in [1.165, 1.54) is 7.11 Å². The van der Waals surface area contributed by atoms with Gasteiger partial charge in [0, 0.05) is 6.07 Å². The van der Waals surface area contributed by atoms with Crippen molar-refractivity contribution in [2.75, 3.05) is 14.2 Å². The summed E-state index contributed by atoms with van der Waals surface area (Å²) in [5.41, 5.74) is 1.32. The molecule has 0 N–H and O–H groups in total. The second kappa shape index (κ2) is 8.08. The van der Waals surface area contributed by atoms with Gasteiger partial charge in [-0.25, -0.2) is 9.97 Å². The van der Waals surface area contributed by atoms with E-state index >= 15 is 0 Å². The monoisotopic (exact) mass is 378 g/mol. The van der Waals surface area contributed by atoms with Crippen molar-refractivity contribution < 1.29 is 19.0 Å². The van der Waals surface area contributed by atoms with Crippen molar-refractivity contribution in [1.82, 2.24) is 9.97 Å². The molecule has 1 unspecified atom stereocenters. The summed E-state index contributed by atoms with van der Waals surface area (Å²) in [6, 6.07) is 5.40. The van der Waals surface area contributed by atoms with Crippen molar-refractivity contribution in [2.24, 2.45) is 11.8 Å². The number of ether oxygens (including phenoxy) is 3. The van der Waals surface area contributed by atoms with Crippen LogP contribution >= 0.6 is 11.6 Å². The van der Waals surface area contributed by atoms with Crippen LogP contribution in [0.2, 0.25) is 5.15 Å². The highest BCUT2D eigenvalue weighted by Crippen LogP contribution is 2.36. The van der Waals surface area contributed by atoms with Crippen LogP contribution in [0.15, 0.2) is 18.2 Å². The highest BCUT2D eigenvalue weighted by atomic mass is 35.5. The summed E-state index contributed by atoms with van der Waals surface area (Å²) in [6.45, 7) is 2.10. The van der Waals surface area contributed by atoms with Crippen molar-refractivity contribution in [2.45, 2.75) is 38.7 Å². The van der Waals surface area contributed by atoms with Crippen molar-refractivity contribution >= 4 is 28.6 Å². The Morgan fingerprint density at radius 1 is 1.23 bits per heavy atom. The quantitative estimate of drug-likeness (QED) is 0.731. The highest BCUT2D eigenvalue weighted by molar-refractivity contribution is 6.31. The summed E-state index contributed by atoms with van der Waals surface area (Å²) >= 11 is 6.26. The molecule has 1 aromatic carbocycles. The fourth-order valence-electron chi connectivity index (χ4n) is 3.59. The number of benzene rings is 1. The Balaban J connectivity index is 1.81. The minimum atomic E-state index is -0.175. The molecule has 1 aliphatic carbocycles. The predicted octanol–water partition coefficient (Wildman–Crippen LogP) is 4.04. The molecule has 0 bridgehead atoms. The standard InChI is InChI=1S/C19H23ClN2O4/c1-4-11-5-6-13(9-14(11)19(23)25-3)26-18-17(20)21-15-8-7-12(24-2)10-16(15)22-18/h7-8,10-11,13-14H,4-6,9H2,1-3H3/t11?,13-,14+/m0/s1. The van der Waals surface area contributed by atoms with Gasteiger partial charge in [-0.15, -0.1) is 0 Å². The van der Waals surface area contributed by atoms with Crippen LogP contribution in [0, 0.1) is 11.8 Å². The van der Waals surface area contributed by atoms with Crippen molar-refractivity contribution in [3.05, 3.63) is 23.4 Å². The summed E-state index contributed by atoms with van der Waals surface area (Å²) in [5.74, 6) is 0.969. The van der Waals surface area contributed by atoms with E-state index in [4.69, 9.17) is 25.8 Å². The number of aromatic nitrogens is 2. The first-order valence-corrected chi connectivity index (χ1v) is 9.19. The SMILES string of the molecule is CCC1CC[C@H](Oc2nc3cc(OC)ccc3nc2Cl)C[C@H]1C(=O)OC. The normalized spacial score (nSPS) is 22.8. The lowest BCUT2D eigenvalue weighted by atomic mass is 9.76. The van der Waals surface area contributed by atoms with Crippen LogP contribution in [0.25, 0.3) is 11.0 Å². The van der Waals surface area contributed by atoms with Crippen LogP contribution < -0.4 is 9.47 Å². The van der Waals surface area contributed by atoms with Gasteiger partial charge in [0.25, 0.3) is 5.88 Å². The van der Waals surface area contributed by atoms with E-state index in [9.17, 15) is 4.79 Å². The number of fused-ring (bicyclic) bond motifs is 1. The molecule has 7 heteroatoms. The maximum atomic E-state index is 12.1. The largest absolute Gasteiger partial charge is 0.497 e. The van der Waals surface area contributed by atoms with Crippen LogP contribution in [0.5, 0.6) is 11.6 Å². The van der Waals surface area contributed by atoms with Crippen molar-refractivity contribution in [1.29, 1.82) is 0 Å². The van der Waals surface area contributed by atoms with Crippen molar-refractivity contribution in [3.63, 3.8) is 0 Å². The third-order valence-corrected chi connectivity index (χ3v) is 5.30. The Labute approximate surface area is 157 Å². The second-order valence-corrected chi connectivity index (χ2v) is 6.88. The smallest absolute Gasteiger partial charge is 0.309 e. The number of esters is 1. The molecule has 3 rings (SSSR count). The van der Waals surface area contributed by atoms with Crippen LogP contribution in [-0.4, -0.2) is 36.3 Å². The zero-order valence-electron chi connectivity index (χ0n) is 15.2. The fraction of sp³-hybridized carbons (Fsp3) is 0.526. The summed E-state index contributed by atoms with van der Waals surface area (Å²) < 4.78 is 16.2. The average molecular weight is 379 g/mol. The zero-order valence-corrected chi connectivity index (χ0v) is 16.0. The molecule has 1 aliphatic rings. The van der Waals surface area contributed by atoms with Gasteiger partial charge >= 0.3 is 5.97 Å². The Morgan fingerprint density at radius 3 is 2.73 bits per heavy atom. The lowest BCUT2D eigenvalue weighted by Gasteiger charge is -2.33. The molecule has 0 saturated heterocycles. The van der Waals surface area contributed by atoms with Gasteiger partial charge in [-0.05, 0) is 37.3 Å². The van der Waals surface area contributed by atoms with Crippen LogP contribution in [0.3, 0.4) is 0 Å². The van der Waals surface area contributed by atoms with E-state index in [0.29, 0.717) is 29.1 Å². The van der Waals surface area contributed by atoms with E-state index in [1.807, 2.05) is 0 Å². The minimum Gasteiger partial charge on any atom is -0.497 e. The topological polar surface area (TPSA) is 70.5 Å². The molecule has 1 saturated carbocycles. The Kier molecular flexibility index (Phi) is 5.81. The molecular weight excluding hydrogens is 356 g/mol. The molecule has 2 aromatic rings. The lowest BCUT2D eigenvalue weighted by molar-refractivity contribution is -0.150. The van der Waals surface area contributed by atoms with E-state index < -0.39 is 0 Å². The second-order valence-electron chi connectivity index (χ2n) is 6.53. The van der Waals surface area contributed by atoms with Crippen LogP contribution in [0.1, 0.15) is 32.6 Å². The molecule has 0 aliphatic heterocycles. The summed E-state index contributed by atoms with van der Waals surface area (Å²) in [5, 5.41) is 0.217. The number of rotatable bonds is 5. The maximum absolute atomic E-state index is 12.1. The van der Waals surface area contributed by atoms with Gasteiger partial charge in [-0.2, -0.15) is 0 Å². The molecule has 3 atom stereocenters. The summed E-state index contributed by atoms with van der Waals surface area (Å²) in [7, 11) is 3.03. The first-order valence-electron chi connectivity index (χ1n) is 8.81. The number of nitrogens with zero attached hydrogens (tertiary/aromatic N) is 2. The van der Waals surface area contributed by atoms with Gasteiger partial charge in [-0.1, -0.05) is 24.9 Å². The molecule has 26 heavy (non-hydrogen) atoms. The molecule has 0 radical (unpaired) electrons. The van der Waals surface area contributed by atoms with Gasteiger partial charge in [0.05, 0.1) is 31.2 Å². The minimum absolute atomic E-state index is 0.142. The van der Waals surface area contributed by atoms with E-state index in [-0.39, 0.29) is 29.0 Å². The molecule has 1 fully saturated rings. The number of hydrogen-bond donors (Lipinski definition) is 0. The maximum Gasteiger partial charge on any atom is 0.309 e. The van der Waals surface area contributed by atoms with Gasteiger partial charge in [0.1, 0.15) is 11.9 Å². The summed E-state index contributed by atoms with van der Waals surface area (Å²) in [4.78, 5) is 20.9. The Hall–Kier alpha value is -2.08. The third-order valence-electron chi connectivity index (χ3n) is 5.05. The number of carbonyl (C=O) groups is 1. The molecule has 0 amide bonds. The van der Waals surface area contributed by atoms with Gasteiger partial charge in [0.15, 0.2) is 5.15 Å². The zero-order chi connectivity index (χ0) is 18.7. The molecule has 0 spiro atoms.